The van der Waals surface area contributed by atoms with E-state index in [2.05, 4.69) is 15.3 Å². The van der Waals surface area contributed by atoms with Crippen LogP contribution < -0.4 is 5.32 Å². The van der Waals surface area contributed by atoms with Gasteiger partial charge < -0.3 is 5.32 Å². The number of aromatic nitrogens is 1. The summed E-state index contributed by atoms with van der Waals surface area (Å²) in [5, 5.41) is 2.66. The summed E-state index contributed by atoms with van der Waals surface area (Å²) < 4.78 is 66.8. The minimum Gasteiger partial charge on any atom is -0.309 e. The number of alkyl halides is 5. The molecule has 0 fully saturated rings. The Balaban J connectivity index is 2.02. The molecular weight excluding hydrogens is 381 g/mol. The normalized spacial score (nSPS) is 22.9. The van der Waals surface area contributed by atoms with Gasteiger partial charge in [-0.1, -0.05) is 18.2 Å². The fourth-order valence-corrected chi connectivity index (χ4v) is 4.03. The smallest absolute Gasteiger partial charge is 0.309 e. The van der Waals surface area contributed by atoms with Crippen molar-refractivity contribution in [1.82, 2.24) is 10.3 Å². The number of carbonyl (C=O) groups excluding carboxylic acids is 1. The highest BCUT2D eigenvalue weighted by Gasteiger charge is 2.60. The van der Waals surface area contributed by atoms with Crippen LogP contribution in [0.5, 0.6) is 0 Å². The number of aryl methyl sites for hydroxylation is 1. The minimum absolute atomic E-state index is 0.0880. The summed E-state index contributed by atoms with van der Waals surface area (Å²) in [6.07, 6.45) is -3.58. The van der Waals surface area contributed by atoms with Crippen LogP contribution in [-0.4, -0.2) is 30.0 Å². The number of pyridine rings is 1. The maximum absolute atomic E-state index is 14.0. The van der Waals surface area contributed by atoms with E-state index in [9.17, 15) is 26.7 Å². The Morgan fingerprint density at radius 1 is 1.14 bits per heavy atom. The summed E-state index contributed by atoms with van der Waals surface area (Å²) in [7, 11) is 1.40. The van der Waals surface area contributed by atoms with Gasteiger partial charge in [0.05, 0.1) is 0 Å². The van der Waals surface area contributed by atoms with Gasteiger partial charge in [0.15, 0.2) is 0 Å². The van der Waals surface area contributed by atoms with E-state index < -0.39 is 29.0 Å². The zero-order valence-corrected chi connectivity index (χ0v) is 14.6. The number of hydrogen-bond acceptors (Lipinski definition) is 3. The lowest BCUT2D eigenvalue weighted by atomic mass is 9.70. The molecule has 1 spiro atoms. The molecule has 4 rings (SSSR count). The van der Waals surface area contributed by atoms with Gasteiger partial charge in [-0.15, -0.1) is 0 Å². The van der Waals surface area contributed by atoms with Crippen LogP contribution >= 0.6 is 0 Å². The summed E-state index contributed by atoms with van der Waals surface area (Å²) in [4.78, 5) is 21.2. The standard InChI is InChI=1S/C19H14F5N3O/c1-25-15-11-5-4-10(18(20,21)19(22,23)24)9-13(11)17(16(28)27-15)7-6-14-12(17)3-2-8-26-14/h2-5,8-9H,6-7H2,1H3,(H,25,27,28)/t17-/m0/s1. The van der Waals surface area contributed by atoms with Crippen LogP contribution in [0, 0.1) is 0 Å². The number of aliphatic imine (C=N–C) groups is 1. The Morgan fingerprint density at radius 3 is 2.57 bits per heavy atom. The average Bonchev–Trinajstić information content (AvgIpc) is 3.04. The van der Waals surface area contributed by atoms with Gasteiger partial charge in [0, 0.05) is 30.1 Å². The maximum Gasteiger partial charge on any atom is 0.458 e. The van der Waals surface area contributed by atoms with E-state index in [0.29, 0.717) is 23.2 Å². The SMILES string of the molecule is CN=C1NC(=O)[C@]2(CCc3ncccc32)c2cc(C(F)(F)C(F)(F)F)ccc21. The van der Waals surface area contributed by atoms with Crippen molar-refractivity contribution in [1.29, 1.82) is 0 Å². The Kier molecular flexibility index (Phi) is 3.85. The lowest BCUT2D eigenvalue weighted by molar-refractivity contribution is -0.289. The highest BCUT2D eigenvalue weighted by molar-refractivity contribution is 6.17. The van der Waals surface area contributed by atoms with Crippen LogP contribution in [0.25, 0.3) is 0 Å². The second-order valence-corrected chi connectivity index (χ2v) is 6.76. The number of benzene rings is 1. The van der Waals surface area contributed by atoms with Crippen LogP contribution in [0.3, 0.4) is 0 Å². The number of hydrogen-bond donors (Lipinski definition) is 1. The molecule has 2 aromatic rings. The van der Waals surface area contributed by atoms with E-state index in [-0.39, 0.29) is 17.8 Å². The summed E-state index contributed by atoms with van der Waals surface area (Å²) in [6, 6.07) is 5.93. The third-order valence-electron chi connectivity index (χ3n) is 5.38. The zero-order chi connectivity index (χ0) is 20.3. The molecule has 0 radical (unpaired) electrons. The minimum atomic E-state index is -5.75. The third-order valence-corrected chi connectivity index (χ3v) is 5.38. The number of amides is 1. The van der Waals surface area contributed by atoms with Gasteiger partial charge >= 0.3 is 12.1 Å². The van der Waals surface area contributed by atoms with Crippen LogP contribution in [0.1, 0.15) is 34.4 Å². The first kappa shape index (κ1) is 18.5. The van der Waals surface area contributed by atoms with Crippen molar-refractivity contribution in [2.24, 2.45) is 4.99 Å². The van der Waals surface area contributed by atoms with Crippen LogP contribution in [0.4, 0.5) is 22.0 Å². The first-order valence-electron chi connectivity index (χ1n) is 8.45. The first-order chi connectivity index (χ1) is 13.1. The molecule has 0 saturated carbocycles. The van der Waals surface area contributed by atoms with Crippen LogP contribution in [-0.2, 0) is 22.6 Å². The summed E-state index contributed by atoms with van der Waals surface area (Å²) in [6.45, 7) is 0. The monoisotopic (exact) mass is 395 g/mol. The molecule has 2 aliphatic rings. The Hall–Kier alpha value is -2.84. The van der Waals surface area contributed by atoms with Crippen molar-refractivity contribution in [2.45, 2.75) is 30.4 Å². The number of fused-ring (bicyclic) bond motifs is 4. The van der Waals surface area contributed by atoms with Gasteiger partial charge in [-0.3, -0.25) is 14.8 Å². The van der Waals surface area contributed by atoms with E-state index in [1.54, 1.807) is 18.3 Å². The van der Waals surface area contributed by atoms with Crippen LogP contribution in [0.15, 0.2) is 41.5 Å². The van der Waals surface area contributed by atoms with Gasteiger partial charge in [0.25, 0.3) is 0 Å². The molecule has 1 aliphatic carbocycles. The van der Waals surface area contributed by atoms with Gasteiger partial charge in [-0.2, -0.15) is 22.0 Å². The topological polar surface area (TPSA) is 54.4 Å². The van der Waals surface area contributed by atoms with E-state index in [1.807, 2.05) is 0 Å². The molecule has 146 valence electrons. The largest absolute Gasteiger partial charge is 0.458 e. The maximum atomic E-state index is 14.0. The van der Waals surface area contributed by atoms with Gasteiger partial charge in [-0.25, -0.2) is 0 Å². The first-order valence-corrected chi connectivity index (χ1v) is 8.45. The summed E-state index contributed by atoms with van der Waals surface area (Å²) in [5.41, 5.74) is -1.05. The molecule has 0 unspecified atom stereocenters. The second-order valence-electron chi connectivity index (χ2n) is 6.76. The van der Waals surface area contributed by atoms with Gasteiger partial charge in [0.1, 0.15) is 11.3 Å². The number of nitrogens with zero attached hydrogens (tertiary/aromatic N) is 2. The molecular formula is C19H14F5N3O. The molecule has 4 nitrogen and oxygen atoms in total. The quantitative estimate of drug-likeness (QED) is 0.752. The number of amidine groups is 1. The predicted molar refractivity (Wildman–Crippen MR) is 90.3 cm³/mol. The fraction of sp³-hybridized carbons (Fsp3) is 0.316. The van der Waals surface area contributed by atoms with Crippen molar-refractivity contribution in [3.05, 3.63) is 64.5 Å². The highest BCUT2D eigenvalue weighted by Crippen LogP contribution is 2.50. The third kappa shape index (κ3) is 2.31. The number of halogens is 5. The lowest BCUT2D eigenvalue weighted by Crippen LogP contribution is -2.52. The van der Waals surface area contributed by atoms with Gasteiger partial charge in [0.2, 0.25) is 5.91 Å². The highest BCUT2D eigenvalue weighted by atomic mass is 19.4. The Labute approximate surface area is 156 Å². The molecule has 1 atom stereocenters. The lowest BCUT2D eigenvalue weighted by Gasteiger charge is -2.36. The summed E-state index contributed by atoms with van der Waals surface area (Å²) in [5.74, 6) is -5.43. The number of rotatable bonds is 1. The number of carbonyl (C=O) groups is 1. The Morgan fingerprint density at radius 2 is 1.89 bits per heavy atom. The molecule has 0 bridgehead atoms. The molecule has 9 heteroatoms. The van der Waals surface area contributed by atoms with E-state index in [1.165, 1.54) is 7.05 Å². The molecule has 28 heavy (non-hydrogen) atoms. The average molecular weight is 395 g/mol. The second kappa shape index (κ2) is 5.83. The fourth-order valence-electron chi connectivity index (χ4n) is 4.03. The molecule has 0 saturated heterocycles. The van der Waals surface area contributed by atoms with Crippen molar-refractivity contribution in [2.75, 3.05) is 7.05 Å². The zero-order valence-electron chi connectivity index (χ0n) is 14.6. The molecule has 2 heterocycles. The van der Waals surface area contributed by atoms with Crippen molar-refractivity contribution in [3.8, 4) is 0 Å². The predicted octanol–water partition coefficient (Wildman–Crippen LogP) is 3.47. The van der Waals surface area contributed by atoms with Crippen LogP contribution in [0.2, 0.25) is 0 Å². The molecule has 1 aliphatic heterocycles. The van der Waals surface area contributed by atoms with E-state index in [4.69, 9.17) is 0 Å². The molecule has 1 aromatic carbocycles. The summed E-state index contributed by atoms with van der Waals surface area (Å²) >= 11 is 0. The molecule has 1 aromatic heterocycles. The molecule has 1 amide bonds. The van der Waals surface area contributed by atoms with E-state index >= 15 is 0 Å². The van der Waals surface area contributed by atoms with Crippen molar-refractivity contribution >= 4 is 11.7 Å². The Bertz CT molecular complexity index is 1010. The van der Waals surface area contributed by atoms with Gasteiger partial charge in [-0.05, 0) is 36.1 Å². The van der Waals surface area contributed by atoms with Crippen molar-refractivity contribution in [3.63, 3.8) is 0 Å². The van der Waals surface area contributed by atoms with E-state index in [0.717, 1.165) is 18.2 Å². The number of nitrogens with one attached hydrogen (secondary N) is 1. The molecule has 1 N–H and O–H groups in total. The van der Waals surface area contributed by atoms with Crippen molar-refractivity contribution < 1.29 is 26.7 Å².